The second-order valence-corrected chi connectivity index (χ2v) is 6.43. The quantitative estimate of drug-likeness (QED) is 0.795. The first kappa shape index (κ1) is 15.2. The summed E-state index contributed by atoms with van der Waals surface area (Å²) in [7, 11) is 0. The van der Waals surface area contributed by atoms with E-state index >= 15 is 0 Å². The molecule has 2 rings (SSSR count). The second-order valence-electron chi connectivity index (χ2n) is 4.21. The molecular formula is C15H17BrN2OS. The van der Waals surface area contributed by atoms with Crippen molar-refractivity contribution in [1.82, 2.24) is 4.57 Å². The minimum Gasteiger partial charge on any atom is -0.343 e. The molecule has 0 atom stereocenters. The summed E-state index contributed by atoms with van der Waals surface area (Å²) in [5.41, 5.74) is 1.53. The Hall–Kier alpha value is -1.20. The van der Waals surface area contributed by atoms with Gasteiger partial charge in [0.2, 0.25) is 0 Å². The van der Waals surface area contributed by atoms with Gasteiger partial charge in [0.15, 0.2) is 0 Å². The number of thioether (sulfide) groups is 1. The molecule has 1 aromatic heterocycles. The van der Waals surface area contributed by atoms with E-state index in [1.54, 1.807) is 11.8 Å². The van der Waals surface area contributed by atoms with E-state index in [0.29, 0.717) is 5.69 Å². The van der Waals surface area contributed by atoms with E-state index in [-0.39, 0.29) is 5.91 Å². The molecule has 0 saturated heterocycles. The van der Waals surface area contributed by atoms with Gasteiger partial charge in [-0.2, -0.15) is 0 Å². The van der Waals surface area contributed by atoms with Gasteiger partial charge in [0.05, 0.1) is 5.69 Å². The lowest BCUT2D eigenvalue weighted by Crippen LogP contribution is -2.16. The van der Waals surface area contributed by atoms with Crippen molar-refractivity contribution in [2.75, 3.05) is 11.1 Å². The van der Waals surface area contributed by atoms with Crippen LogP contribution in [0.1, 0.15) is 24.3 Å². The van der Waals surface area contributed by atoms with Crippen LogP contribution in [0.2, 0.25) is 0 Å². The number of halogens is 1. The molecule has 20 heavy (non-hydrogen) atoms. The van der Waals surface area contributed by atoms with Crippen molar-refractivity contribution in [3.8, 4) is 0 Å². The van der Waals surface area contributed by atoms with Crippen molar-refractivity contribution in [1.29, 1.82) is 0 Å². The summed E-state index contributed by atoms with van der Waals surface area (Å²) in [6.45, 7) is 4.88. The average Bonchev–Trinajstić information content (AvgIpc) is 2.82. The van der Waals surface area contributed by atoms with Gasteiger partial charge in [0.1, 0.15) is 5.69 Å². The number of nitrogens with one attached hydrogen (secondary N) is 1. The summed E-state index contributed by atoms with van der Waals surface area (Å²) in [4.78, 5) is 13.5. The number of hydrogen-bond acceptors (Lipinski definition) is 2. The lowest BCUT2D eigenvalue weighted by molar-refractivity contribution is 0.101. The first-order chi connectivity index (χ1) is 9.65. The fourth-order valence-corrected chi connectivity index (χ4v) is 3.19. The lowest BCUT2D eigenvalue weighted by atomic mass is 10.3. The largest absolute Gasteiger partial charge is 0.343 e. The van der Waals surface area contributed by atoms with E-state index in [4.69, 9.17) is 0 Å². The van der Waals surface area contributed by atoms with Crippen LogP contribution in [0.3, 0.4) is 0 Å². The van der Waals surface area contributed by atoms with Crippen molar-refractivity contribution < 1.29 is 4.79 Å². The molecule has 0 spiro atoms. The van der Waals surface area contributed by atoms with Gasteiger partial charge in [0.25, 0.3) is 5.91 Å². The summed E-state index contributed by atoms with van der Waals surface area (Å²) in [5, 5.41) is 3.00. The third-order valence-electron chi connectivity index (χ3n) is 2.87. The van der Waals surface area contributed by atoms with Crippen molar-refractivity contribution in [2.24, 2.45) is 0 Å². The van der Waals surface area contributed by atoms with Crippen LogP contribution >= 0.6 is 27.7 Å². The summed E-state index contributed by atoms with van der Waals surface area (Å²) < 4.78 is 2.84. The van der Waals surface area contributed by atoms with E-state index in [0.717, 1.165) is 27.4 Å². The zero-order chi connectivity index (χ0) is 14.5. The highest BCUT2D eigenvalue weighted by atomic mass is 79.9. The standard InChI is InChI=1S/C15H17BrN2OS/c1-3-18-10-11(16)9-13(18)15(19)17-12-7-5-6-8-14(12)20-4-2/h5-10H,3-4H2,1-2H3,(H,17,19). The summed E-state index contributed by atoms with van der Waals surface area (Å²) in [6, 6.07) is 9.72. The number of aryl methyl sites for hydroxylation is 1. The summed E-state index contributed by atoms with van der Waals surface area (Å²) in [5.74, 6) is 0.894. The molecule has 5 heteroatoms. The number of carbonyl (C=O) groups excluding carboxylic acids is 1. The average molecular weight is 353 g/mol. The molecule has 0 fully saturated rings. The Labute approximate surface area is 131 Å². The number of amides is 1. The number of para-hydroxylation sites is 1. The summed E-state index contributed by atoms with van der Waals surface area (Å²) >= 11 is 5.14. The Bertz CT molecular complexity index is 610. The third kappa shape index (κ3) is 3.46. The van der Waals surface area contributed by atoms with Crippen molar-refractivity contribution in [3.05, 3.63) is 46.7 Å². The zero-order valence-electron chi connectivity index (χ0n) is 11.5. The predicted molar refractivity (Wildman–Crippen MR) is 88.6 cm³/mol. The van der Waals surface area contributed by atoms with Crippen LogP contribution in [0, 0.1) is 0 Å². The Balaban J connectivity index is 2.23. The third-order valence-corrected chi connectivity index (χ3v) is 4.26. The Morgan fingerprint density at radius 2 is 2.10 bits per heavy atom. The number of carbonyl (C=O) groups is 1. The number of anilines is 1. The second kappa shape index (κ2) is 6.99. The monoisotopic (exact) mass is 352 g/mol. The number of benzene rings is 1. The molecule has 0 bridgehead atoms. The Morgan fingerprint density at radius 1 is 1.35 bits per heavy atom. The molecule has 0 unspecified atom stereocenters. The van der Waals surface area contributed by atoms with Crippen molar-refractivity contribution in [3.63, 3.8) is 0 Å². The molecule has 0 saturated carbocycles. The van der Waals surface area contributed by atoms with Gasteiger partial charge in [-0.15, -0.1) is 11.8 Å². The predicted octanol–water partition coefficient (Wildman–Crippen LogP) is 4.63. The van der Waals surface area contributed by atoms with Crippen LogP contribution in [0.4, 0.5) is 5.69 Å². The first-order valence-corrected chi connectivity index (χ1v) is 8.32. The number of nitrogens with zero attached hydrogens (tertiary/aromatic N) is 1. The molecular weight excluding hydrogens is 336 g/mol. The van der Waals surface area contributed by atoms with Crippen LogP contribution in [-0.2, 0) is 6.54 Å². The van der Waals surface area contributed by atoms with E-state index in [1.165, 1.54) is 0 Å². The molecule has 2 aromatic rings. The molecule has 106 valence electrons. The molecule has 0 aliphatic heterocycles. The Kier molecular flexibility index (Phi) is 5.31. The first-order valence-electron chi connectivity index (χ1n) is 6.54. The topological polar surface area (TPSA) is 34.0 Å². The van der Waals surface area contributed by atoms with E-state index in [9.17, 15) is 4.79 Å². The van der Waals surface area contributed by atoms with Gasteiger partial charge < -0.3 is 9.88 Å². The number of aromatic nitrogens is 1. The molecule has 1 N–H and O–H groups in total. The normalized spacial score (nSPS) is 10.6. The fourth-order valence-electron chi connectivity index (χ4n) is 1.96. The molecule has 3 nitrogen and oxygen atoms in total. The van der Waals surface area contributed by atoms with Crippen molar-refractivity contribution in [2.45, 2.75) is 25.3 Å². The van der Waals surface area contributed by atoms with E-state index < -0.39 is 0 Å². The van der Waals surface area contributed by atoms with Crippen LogP contribution in [0.5, 0.6) is 0 Å². The maximum Gasteiger partial charge on any atom is 0.272 e. The molecule has 0 aliphatic rings. The highest BCUT2D eigenvalue weighted by molar-refractivity contribution is 9.10. The SMILES string of the molecule is CCSc1ccccc1NC(=O)c1cc(Br)cn1CC. The molecule has 0 aliphatic carbocycles. The molecule has 1 amide bonds. The van der Waals surface area contributed by atoms with Crippen LogP contribution in [-0.4, -0.2) is 16.2 Å². The van der Waals surface area contributed by atoms with Gasteiger partial charge in [-0.1, -0.05) is 19.1 Å². The van der Waals surface area contributed by atoms with Gasteiger partial charge in [0, 0.05) is 22.1 Å². The molecule has 1 heterocycles. The highest BCUT2D eigenvalue weighted by Gasteiger charge is 2.13. The minimum atomic E-state index is -0.0818. The molecule has 0 radical (unpaired) electrons. The fraction of sp³-hybridized carbons (Fsp3) is 0.267. The van der Waals surface area contributed by atoms with E-state index in [1.807, 2.05) is 48.0 Å². The van der Waals surface area contributed by atoms with Gasteiger partial charge >= 0.3 is 0 Å². The molecule has 1 aromatic carbocycles. The van der Waals surface area contributed by atoms with Crippen LogP contribution in [0.25, 0.3) is 0 Å². The van der Waals surface area contributed by atoms with Gasteiger partial charge in [-0.05, 0) is 46.8 Å². The van der Waals surface area contributed by atoms with Crippen LogP contribution in [0.15, 0.2) is 45.9 Å². The van der Waals surface area contributed by atoms with Crippen molar-refractivity contribution >= 4 is 39.3 Å². The minimum absolute atomic E-state index is 0.0818. The number of hydrogen-bond donors (Lipinski definition) is 1. The lowest BCUT2D eigenvalue weighted by Gasteiger charge is -2.11. The van der Waals surface area contributed by atoms with Gasteiger partial charge in [-0.25, -0.2) is 0 Å². The van der Waals surface area contributed by atoms with Crippen LogP contribution < -0.4 is 5.32 Å². The summed E-state index contributed by atoms with van der Waals surface area (Å²) in [6.07, 6.45) is 1.92. The smallest absolute Gasteiger partial charge is 0.272 e. The maximum absolute atomic E-state index is 12.4. The Morgan fingerprint density at radius 3 is 2.80 bits per heavy atom. The zero-order valence-corrected chi connectivity index (χ0v) is 13.9. The maximum atomic E-state index is 12.4. The van der Waals surface area contributed by atoms with Gasteiger partial charge in [-0.3, -0.25) is 4.79 Å². The number of rotatable bonds is 5. The highest BCUT2D eigenvalue weighted by Crippen LogP contribution is 2.27. The van der Waals surface area contributed by atoms with E-state index in [2.05, 4.69) is 28.2 Å².